The van der Waals surface area contributed by atoms with Crippen LogP contribution in [0.25, 0.3) is 10.2 Å². The smallest absolute Gasteiger partial charge is 0.175 e. The van der Waals surface area contributed by atoms with E-state index >= 15 is 0 Å². The number of aromatic nitrogens is 1. The van der Waals surface area contributed by atoms with Crippen LogP contribution in [0.4, 0.5) is 0 Å². The Balaban J connectivity index is 2.74. The Labute approximate surface area is 93.8 Å². The van der Waals surface area contributed by atoms with E-state index in [2.05, 4.69) is 20.9 Å². The minimum absolute atomic E-state index is 0.334. The summed E-state index contributed by atoms with van der Waals surface area (Å²) in [5.41, 5.74) is 0.814. The van der Waals surface area contributed by atoms with E-state index in [4.69, 9.17) is 0 Å². The van der Waals surface area contributed by atoms with E-state index in [1.54, 1.807) is 18.2 Å². The van der Waals surface area contributed by atoms with Gasteiger partial charge >= 0.3 is 0 Å². The summed E-state index contributed by atoms with van der Waals surface area (Å²) in [7, 11) is -3.12. The normalized spacial score (nSPS) is 12.1. The highest BCUT2D eigenvalue weighted by molar-refractivity contribution is 9.11. The van der Waals surface area contributed by atoms with Crippen molar-refractivity contribution < 1.29 is 8.42 Å². The van der Waals surface area contributed by atoms with Crippen molar-refractivity contribution in [3.05, 3.63) is 22.1 Å². The zero-order valence-corrected chi connectivity index (χ0v) is 10.4. The van der Waals surface area contributed by atoms with Gasteiger partial charge in [0, 0.05) is 6.26 Å². The zero-order chi connectivity index (χ0) is 10.3. The summed E-state index contributed by atoms with van der Waals surface area (Å²) in [4.78, 5) is 4.51. The third-order valence-corrected chi connectivity index (χ3v) is 4.34. The Bertz CT molecular complexity index is 588. The first-order chi connectivity index (χ1) is 6.47. The predicted octanol–water partition coefficient (Wildman–Crippen LogP) is 2.46. The highest BCUT2D eigenvalue weighted by atomic mass is 79.9. The van der Waals surface area contributed by atoms with Gasteiger partial charge in [-0.15, -0.1) is 11.3 Å². The second-order valence-corrected chi connectivity index (χ2v) is 7.19. The quantitative estimate of drug-likeness (QED) is 0.811. The van der Waals surface area contributed by atoms with Gasteiger partial charge in [-0.05, 0) is 34.1 Å². The molecule has 1 aromatic heterocycles. The molecule has 1 aromatic carbocycles. The van der Waals surface area contributed by atoms with Crippen molar-refractivity contribution in [1.29, 1.82) is 0 Å². The minimum Gasteiger partial charge on any atom is -0.229 e. The average Bonchev–Trinajstić information content (AvgIpc) is 2.41. The van der Waals surface area contributed by atoms with E-state index in [0.29, 0.717) is 4.90 Å². The van der Waals surface area contributed by atoms with Gasteiger partial charge in [0.25, 0.3) is 0 Å². The molecule has 2 aromatic rings. The van der Waals surface area contributed by atoms with E-state index < -0.39 is 9.84 Å². The fraction of sp³-hybridized carbons (Fsp3) is 0.125. The molecule has 74 valence electrons. The highest BCUT2D eigenvalue weighted by Gasteiger charge is 2.09. The van der Waals surface area contributed by atoms with Crippen molar-refractivity contribution in [2.45, 2.75) is 4.90 Å². The largest absolute Gasteiger partial charge is 0.229 e. The van der Waals surface area contributed by atoms with Crippen LogP contribution >= 0.6 is 27.3 Å². The molecule has 3 nitrogen and oxygen atoms in total. The summed E-state index contributed by atoms with van der Waals surface area (Å²) >= 11 is 4.68. The molecule has 2 rings (SSSR count). The molecule has 0 saturated heterocycles. The van der Waals surface area contributed by atoms with Crippen molar-refractivity contribution in [2.24, 2.45) is 0 Å². The van der Waals surface area contributed by atoms with Crippen LogP contribution in [-0.2, 0) is 9.84 Å². The summed E-state index contributed by atoms with van der Waals surface area (Å²) in [6, 6.07) is 4.93. The third kappa shape index (κ3) is 1.82. The number of sulfone groups is 1. The first-order valence-corrected chi connectivity index (χ1v) is 7.23. The molecule has 0 saturated carbocycles. The van der Waals surface area contributed by atoms with Crippen LogP contribution in [-0.4, -0.2) is 19.7 Å². The summed E-state index contributed by atoms with van der Waals surface area (Å²) in [6.07, 6.45) is 1.20. The standard InChI is InChI=1S/C8H6BrNO2S2/c1-14(11,12)5-2-3-6-7(4-5)13-8(9)10-6/h2-4H,1H3. The van der Waals surface area contributed by atoms with Crippen molar-refractivity contribution in [2.75, 3.05) is 6.26 Å². The van der Waals surface area contributed by atoms with E-state index in [1.807, 2.05) is 0 Å². The van der Waals surface area contributed by atoms with Gasteiger partial charge in [0.1, 0.15) is 0 Å². The molecular weight excluding hydrogens is 286 g/mol. The Morgan fingerprint density at radius 2 is 2.14 bits per heavy atom. The fourth-order valence-electron chi connectivity index (χ4n) is 1.11. The minimum atomic E-state index is -3.12. The van der Waals surface area contributed by atoms with Gasteiger partial charge in [0.2, 0.25) is 0 Å². The van der Waals surface area contributed by atoms with E-state index in [9.17, 15) is 8.42 Å². The van der Waals surface area contributed by atoms with Gasteiger partial charge in [0.05, 0.1) is 15.1 Å². The topological polar surface area (TPSA) is 47.0 Å². The Morgan fingerprint density at radius 3 is 2.79 bits per heavy atom. The van der Waals surface area contributed by atoms with Crippen molar-refractivity contribution in [1.82, 2.24) is 4.98 Å². The molecule has 0 fully saturated rings. The Morgan fingerprint density at radius 1 is 1.43 bits per heavy atom. The molecular formula is C8H6BrNO2S2. The fourth-order valence-corrected chi connectivity index (χ4v) is 3.27. The molecule has 1 heterocycles. The number of fused-ring (bicyclic) bond motifs is 1. The van der Waals surface area contributed by atoms with Gasteiger partial charge < -0.3 is 0 Å². The highest BCUT2D eigenvalue weighted by Crippen LogP contribution is 2.27. The number of thiazole rings is 1. The van der Waals surface area contributed by atoms with E-state index in [0.717, 1.165) is 14.1 Å². The summed E-state index contributed by atoms with van der Waals surface area (Å²) in [5, 5.41) is 0. The predicted molar refractivity (Wildman–Crippen MR) is 60.4 cm³/mol. The lowest BCUT2D eigenvalue weighted by Crippen LogP contribution is -1.95. The van der Waals surface area contributed by atoms with Crippen molar-refractivity contribution >= 4 is 47.3 Å². The molecule has 0 unspecified atom stereocenters. The van der Waals surface area contributed by atoms with Crippen LogP contribution in [0.1, 0.15) is 0 Å². The summed E-state index contributed by atoms with van der Waals surface area (Å²) < 4.78 is 24.1. The number of rotatable bonds is 1. The summed E-state index contributed by atoms with van der Waals surface area (Å²) in [5.74, 6) is 0. The van der Waals surface area contributed by atoms with Gasteiger partial charge in [-0.25, -0.2) is 13.4 Å². The van der Waals surface area contributed by atoms with Crippen LogP contribution in [0, 0.1) is 0 Å². The van der Waals surface area contributed by atoms with Crippen LogP contribution < -0.4 is 0 Å². The third-order valence-electron chi connectivity index (χ3n) is 1.76. The lowest BCUT2D eigenvalue weighted by molar-refractivity contribution is 0.602. The zero-order valence-electron chi connectivity index (χ0n) is 7.19. The lowest BCUT2D eigenvalue weighted by Gasteiger charge is -1.96. The maximum absolute atomic E-state index is 11.3. The average molecular weight is 292 g/mol. The molecule has 0 aliphatic rings. The molecule has 0 atom stereocenters. The number of hydrogen-bond donors (Lipinski definition) is 0. The van der Waals surface area contributed by atoms with Gasteiger partial charge in [-0.2, -0.15) is 0 Å². The first-order valence-electron chi connectivity index (χ1n) is 3.73. The number of nitrogens with zero attached hydrogens (tertiary/aromatic N) is 1. The lowest BCUT2D eigenvalue weighted by atomic mass is 10.3. The molecule has 0 radical (unpaired) electrons. The second-order valence-electron chi connectivity index (χ2n) is 2.87. The van der Waals surface area contributed by atoms with Gasteiger partial charge in [0.15, 0.2) is 13.8 Å². The van der Waals surface area contributed by atoms with Crippen LogP contribution in [0.15, 0.2) is 27.0 Å². The molecule has 0 N–H and O–H groups in total. The first kappa shape index (κ1) is 10.1. The number of benzene rings is 1. The number of halogens is 1. The molecule has 6 heteroatoms. The van der Waals surface area contributed by atoms with Gasteiger partial charge in [-0.1, -0.05) is 0 Å². The Kier molecular flexibility index (Phi) is 2.36. The molecule has 0 aliphatic carbocycles. The van der Waals surface area contributed by atoms with Crippen molar-refractivity contribution in [3.63, 3.8) is 0 Å². The maximum Gasteiger partial charge on any atom is 0.175 e. The monoisotopic (exact) mass is 291 g/mol. The van der Waals surface area contributed by atoms with Crippen LogP contribution in [0.3, 0.4) is 0 Å². The van der Waals surface area contributed by atoms with Crippen LogP contribution in [0.2, 0.25) is 0 Å². The summed E-state index contributed by atoms with van der Waals surface area (Å²) in [6.45, 7) is 0. The SMILES string of the molecule is CS(=O)(=O)c1ccc2nc(Br)sc2c1. The maximum atomic E-state index is 11.3. The molecule has 0 spiro atoms. The molecule has 0 aliphatic heterocycles. The molecule has 14 heavy (non-hydrogen) atoms. The van der Waals surface area contributed by atoms with Crippen LogP contribution in [0.5, 0.6) is 0 Å². The van der Waals surface area contributed by atoms with E-state index in [1.165, 1.54) is 17.6 Å². The molecule has 0 amide bonds. The second kappa shape index (κ2) is 3.29. The molecule has 0 bridgehead atoms. The van der Waals surface area contributed by atoms with Gasteiger partial charge in [-0.3, -0.25) is 0 Å². The number of hydrogen-bond acceptors (Lipinski definition) is 4. The Hall–Kier alpha value is -0.460. The van der Waals surface area contributed by atoms with E-state index in [-0.39, 0.29) is 0 Å². The van der Waals surface area contributed by atoms with Crippen molar-refractivity contribution in [3.8, 4) is 0 Å².